The Morgan fingerprint density at radius 3 is 2.30 bits per heavy atom. The van der Waals surface area contributed by atoms with Crippen LogP contribution in [0.15, 0.2) is 53.4 Å². The van der Waals surface area contributed by atoms with Crippen molar-refractivity contribution in [1.82, 2.24) is 9.80 Å². The number of nitrogens with zero attached hydrogens (tertiary/aromatic N) is 2. The Bertz CT molecular complexity index is 969. The predicted molar refractivity (Wildman–Crippen MR) is 137 cm³/mol. The molecule has 2 atom stereocenters. The SMILES string of the molecule is CCCC[S+]([O-])c1ccc(NC(=O)CN2CCN(CC(O)COc3ccc(C(F)(F)F)cc3)CC2)cc1. The van der Waals surface area contributed by atoms with Crippen molar-refractivity contribution in [3.05, 3.63) is 54.1 Å². The molecule has 0 radical (unpaired) electrons. The molecule has 0 aromatic heterocycles. The highest BCUT2D eigenvalue weighted by Gasteiger charge is 2.30. The number of carbonyl (C=O) groups excluding carboxylic acids is 1. The quantitative estimate of drug-likeness (QED) is 0.400. The summed E-state index contributed by atoms with van der Waals surface area (Å²) in [7, 11) is 0. The summed E-state index contributed by atoms with van der Waals surface area (Å²) in [5.74, 6) is 0.776. The number of halogens is 3. The van der Waals surface area contributed by atoms with Gasteiger partial charge in [0.2, 0.25) is 5.91 Å². The van der Waals surface area contributed by atoms with E-state index in [2.05, 4.69) is 17.1 Å². The number of alkyl halides is 3. The van der Waals surface area contributed by atoms with E-state index in [4.69, 9.17) is 4.74 Å². The highest BCUT2D eigenvalue weighted by atomic mass is 32.2. The summed E-state index contributed by atoms with van der Waals surface area (Å²) < 4.78 is 55.5. The van der Waals surface area contributed by atoms with Crippen molar-refractivity contribution in [3.63, 3.8) is 0 Å². The van der Waals surface area contributed by atoms with Crippen molar-refractivity contribution in [2.24, 2.45) is 0 Å². The van der Waals surface area contributed by atoms with Crippen LogP contribution in [0.2, 0.25) is 0 Å². The van der Waals surface area contributed by atoms with Crippen molar-refractivity contribution in [2.45, 2.75) is 36.9 Å². The molecule has 2 aromatic carbocycles. The fourth-order valence-corrected chi connectivity index (χ4v) is 5.13. The van der Waals surface area contributed by atoms with Crippen LogP contribution in [-0.2, 0) is 22.1 Å². The van der Waals surface area contributed by atoms with E-state index < -0.39 is 29.0 Å². The number of rotatable bonds is 12. The smallest absolute Gasteiger partial charge is 0.416 e. The standard InChI is InChI=1S/C26H34F3N3O4S/c1-2-3-16-37(35)24-10-6-21(7-11-24)30-25(34)18-32-14-12-31(13-15-32)17-22(33)19-36-23-8-4-20(5-9-23)26(27,28)29/h4-11,22,33H,2-3,12-19H2,1H3,(H,30,34). The number of ether oxygens (including phenoxy) is 1. The second-order valence-corrected chi connectivity index (χ2v) is 10.6. The second kappa shape index (κ2) is 14.0. The molecule has 3 rings (SSSR count). The van der Waals surface area contributed by atoms with E-state index in [0.29, 0.717) is 44.2 Å². The molecule has 37 heavy (non-hydrogen) atoms. The number of β-amino-alcohol motifs (C(OH)–C–C–N with tert-alkyl or cyclic N) is 1. The minimum absolute atomic E-state index is 0.0288. The zero-order valence-electron chi connectivity index (χ0n) is 20.9. The minimum Gasteiger partial charge on any atom is -0.611 e. The van der Waals surface area contributed by atoms with Crippen LogP contribution in [0, 0.1) is 0 Å². The van der Waals surface area contributed by atoms with Crippen molar-refractivity contribution in [2.75, 3.05) is 56.9 Å². The molecule has 1 saturated heterocycles. The topological polar surface area (TPSA) is 88.1 Å². The molecule has 1 heterocycles. The largest absolute Gasteiger partial charge is 0.611 e. The zero-order valence-corrected chi connectivity index (χ0v) is 21.7. The Labute approximate surface area is 218 Å². The van der Waals surface area contributed by atoms with E-state index in [1.54, 1.807) is 24.3 Å². The third kappa shape index (κ3) is 9.82. The molecule has 0 spiro atoms. The maximum absolute atomic E-state index is 12.6. The molecule has 2 N–H and O–H groups in total. The Morgan fingerprint density at radius 2 is 1.70 bits per heavy atom. The predicted octanol–water partition coefficient (Wildman–Crippen LogP) is 3.61. The molecule has 204 valence electrons. The number of carbonyl (C=O) groups is 1. The van der Waals surface area contributed by atoms with Crippen LogP contribution in [-0.4, -0.2) is 83.1 Å². The van der Waals surface area contributed by atoms with Gasteiger partial charge in [-0.2, -0.15) is 13.2 Å². The monoisotopic (exact) mass is 541 g/mol. The fraction of sp³-hybridized carbons (Fsp3) is 0.500. The van der Waals surface area contributed by atoms with E-state index in [-0.39, 0.29) is 24.8 Å². The van der Waals surface area contributed by atoms with Crippen LogP contribution in [0.5, 0.6) is 5.75 Å². The Hall–Kier alpha value is -2.31. The molecule has 0 bridgehead atoms. The molecular formula is C26H34F3N3O4S. The highest BCUT2D eigenvalue weighted by Crippen LogP contribution is 2.30. The molecule has 7 nitrogen and oxygen atoms in total. The molecule has 0 aliphatic carbocycles. The Balaban J connectivity index is 1.33. The third-order valence-electron chi connectivity index (χ3n) is 6.01. The summed E-state index contributed by atoms with van der Waals surface area (Å²) in [6, 6.07) is 11.5. The van der Waals surface area contributed by atoms with Gasteiger partial charge in [0.15, 0.2) is 4.90 Å². The molecule has 1 aliphatic heterocycles. The van der Waals surface area contributed by atoms with Crippen molar-refractivity contribution >= 4 is 22.8 Å². The van der Waals surface area contributed by atoms with Crippen molar-refractivity contribution < 1.29 is 32.4 Å². The zero-order chi connectivity index (χ0) is 26.8. The number of anilines is 1. The number of aliphatic hydroxyl groups is 1. The van der Waals surface area contributed by atoms with Gasteiger partial charge in [-0.1, -0.05) is 13.3 Å². The first-order valence-electron chi connectivity index (χ1n) is 12.3. The summed E-state index contributed by atoms with van der Waals surface area (Å²) in [6.07, 6.45) is -3.29. The molecule has 1 fully saturated rings. The first-order chi connectivity index (χ1) is 17.6. The molecule has 1 amide bonds. The molecule has 2 aromatic rings. The number of amides is 1. The molecule has 1 aliphatic rings. The maximum Gasteiger partial charge on any atom is 0.416 e. The lowest BCUT2D eigenvalue weighted by Crippen LogP contribution is -2.50. The fourth-order valence-electron chi connectivity index (χ4n) is 3.90. The molecule has 0 saturated carbocycles. The summed E-state index contributed by atoms with van der Waals surface area (Å²) in [5.41, 5.74) is -0.0867. The Kier molecular flexibility index (Phi) is 11.1. The van der Waals surface area contributed by atoms with Crippen LogP contribution < -0.4 is 10.1 Å². The summed E-state index contributed by atoms with van der Waals surface area (Å²) in [4.78, 5) is 17.3. The van der Waals surface area contributed by atoms with Crippen LogP contribution in [0.1, 0.15) is 25.3 Å². The van der Waals surface area contributed by atoms with Gasteiger partial charge in [0.1, 0.15) is 24.2 Å². The first-order valence-corrected chi connectivity index (χ1v) is 13.7. The average Bonchev–Trinajstić information content (AvgIpc) is 2.87. The van der Waals surface area contributed by atoms with Gasteiger partial charge in [0.25, 0.3) is 0 Å². The van der Waals surface area contributed by atoms with E-state index in [9.17, 15) is 27.6 Å². The first kappa shape index (κ1) is 29.2. The van der Waals surface area contributed by atoms with Crippen molar-refractivity contribution in [3.8, 4) is 5.75 Å². The van der Waals surface area contributed by atoms with E-state index in [0.717, 1.165) is 29.9 Å². The van der Waals surface area contributed by atoms with Gasteiger partial charge in [-0.15, -0.1) is 0 Å². The van der Waals surface area contributed by atoms with Crippen LogP contribution in [0.4, 0.5) is 18.9 Å². The van der Waals surface area contributed by atoms with Crippen LogP contribution >= 0.6 is 0 Å². The summed E-state index contributed by atoms with van der Waals surface area (Å²) >= 11 is -1.02. The van der Waals surface area contributed by atoms with Crippen LogP contribution in [0.25, 0.3) is 0 Å². The van der Waals surface area contributed by atoms with Gasteiger partial charge in [0.05, 0.1) is 12.1 Å². The number of benzene rings is 2. The normalized spacial score (nSPS) is 16.8. The van der Waals surface area contributed by atoms with E-state index in [1.165, 1.54) is 12.1 Å². The van der Waals surface area contributed by atoms with Gasteiger partial charge in [-0.05, 0) is 66.1 Å². The average molecular weight is 542 g/mol. The van der Waals surface area contributed by atoms with Crippen molar-refractivity contribution in [1.29, 1.82) is 0 Å². The number of hydrogen-bond acceptors (Lipinski definition) is 6. The third-order valence-corrected chi connectivity index (χ3v) is 7.47. The lowest BCUT2D eigenvalue weighted by molar-refractivity contribution is -0.137. The minimum atomic E-state index is -4.40. The number of hydrogen-bond donors (Lipinski definition) is 2. The number of piperazine rings is 1. The molecular weight excluding hydrogens is 507 g/mol. The molecule has 11 heteroatoms. The number of aliphatic hydroxyl groups excluding tert-OH is 1. The Morgan fingerprint density at radius 1 is 1.08 bits per heavy atom. The summed E-state index contributed by atoms with van der Waals surface area (Å²) in [5, 5.41) is 13.1. The van der Waals surface area contributed by atoms with Gasteiger partial charge in [-0.3, -0.25) is 14.6 Å². The number of nitrogens with one attached hydrogen (secondary N) is 1. The lowest BCUT2D eigenvalue weighted by Gasteiger charge is -2.35. The van der Waals surface area contributed by atoms with Gasteiger partial charge in [-0.25, -0.2) is 0 Å². The van der Waals surface area contributed by atoms with Gasteiger partial charge < -0.3 is 19.7 Å². The van der Waals surface area contributed by atoms with E-state index >= 15 is 0 Å². The number of unbranched alkanes of at least 4 members (excludes halogenated alkanes) is 1. The maximum atomic E-state index is 12.6. The molecule has 2 unspecified atom stereocenters. The van der Waals surface area contributed by atoms with Crippen LogP contribution in [0.3, 0.4) is 0 Å². The lowest BCUT2D eigenvalue weighted by atomic mass is 10.2. The summed E-state index contributed by atoms with van der Waals surface area (Å²) in [6.45, 7) is 5.31. The highest BCUT2D eigenvalue weighted by molar-refractivity contribution is 7.91. The second-order valence-electron chi connectivity index (χ2n) is 9.04. The van der Waals surface area contributed by atoms with E-state index in [1.807, 2.05) is 4.90 Å². The van der Waals surface area contributed by atoms with Gasteiger partial charge >= 0.3 is 6.18 Å². The van der Waals surface area contributed by atoms with Gasteiger partial charge in [0, 0.05) is 38.4 Å².